The molecule has 0 aromatic carbocycles. The van der Waals surface area contributed by atoms with Crippen molar-refractivity contribution in [3.63, 3.8) is 0 Å². The van der Waals surface area contributed by atoms with Gasteiger partial charge in [0.05, 0.1) is 19.9 Å². The summed E-state index contributed by atoms with van der Waals surface area (Å²) in [6, 6.07) is 5.57. The molecule has 0 aliphatic rings. The molecule has 0 spiro atoms. The Kier molecular flexibility index (Phi) is 5.38. The number of aryl methyl sites for hydroxylation is 1. The fourth-order valence-electron chi connectivity index (χ4n) is 1.92. The van der Waals surface area contributed by atoms with Gasteiger partial charge in [0.2, 0.25) is 0 Å². The van der Waals surface area contributed by atoms with E-state index in [-0.39, 0.29) is 6.61 Å². The third-order valence-corrected chi connectivity index (χ3v) is 3.46. The number of hydrogen-bond donors (Lipinski definition) is 0. The van der Waals surface area contributed by atoms with Crippen LogP contribution in [0.25, 0.3) is 0 Å². The van der Waals surface area contributed by atoms with Gasteiger partial charge in [-0.05, 0) is 19.1 Å². The van der Waals surface area contributed by atoms with E-state index in [0.717, 1.165) is 17.1 Å². The number of halogens is 1. The van der Waals surface area contributed by atoms with E-state index in [1.54, 1.807) is 26.5 Å². The lowest BCUT2D eigenvalue weighted by Gasteiger charge is -2.13. The minimum absolute atomic E-state index is 0.283. The van der Waals surface area contributed by atoms with E-state index in [1.165, 1.54) is 0 Å². The Bertz CT molecular complexity index is 620. The molecule has 0 saturated heterocycles. The number of nitrogens with zero attached hydrogens (tertiary/aromatic N) is 2. The van der Waals surface area contributed by atoms with Crippen LogP contribution in [0.15, 0.2) is 24.4 Å². The van der Waals surface area contributed by atoms with Gasteiger partial charge in [0, 0.05) is 23.3 Å². The van der Waals surface area contributed by atoms with Gasteiger partial charge >= 0.3 is 0 Å². The summed E-state index contributed by atoms with van der Waals surface area (Å²) >= 11 is 3.42. The van der Waals surface area contributed by atoms with Gasteiger partial charge in [0.15, 0.2) is 11.5 Å². The maximum atomic E-state index is 5.82. The van der Waals surface area contributed by atoms with Crippen molar-refractivity contribution in [1.29, 1.82) is 0 Å². The Hall–Kier alpha value is -1.82. The second-order valence-electron chi connectivity index (χ2n) is 4.31. The Morgan fingerprint density at radius 2 is 1.86 bits per heavy atom. The summed E-state index contributed by atoms with van der Waals surface area (Å²) in [5, 5.41) is 0.632. The maximum Gasteiger partial charge on any atom is 0.185 e. The molecule has 2 aromatic rings. The molecule has 2 rings (SSSR count). The van der Waals surface area contributed by atoms with Crippen LogP contribution < -0.4 is 14.2 Å². The third kappa shape index (κ3) is 3.64. The van der Waals surface area contributed by atoms with Crippen LogP contribution in [-0.4, -0.2) is 24.2 Å². The lowest BCUT2D eigenvalue weighted by Crippen LogP contribution is -2.05. The van der Waals surface area contributed by atoms with Gasteiger partial charge < -0.3 is 14.2 Å². The summed E-state index contributed by atoms with van der Waals surface area (Å²) < 4.78 is 16.4. The van der Waals surface area contributed by atoms with E-state index in [2.05, 4.69) is 25.9 Å². The third-order valence-electron chi connectivity index (χ3n) is 2.93. The van der Waals surface area contributed by atoms with Gasteiger partial charge in [-0.3, -0.25) is 9.97 Å². The maximum absolute atomic E-state index is 5.82. The molecule has 0 radical (unpaired) electrons. The smallest absolute Gasteiger partial charge is 0.185 e. The van der Waals surface area contributed by atoms with Crippen molar-refractivity contribution in [3.8, 4) is 17.2 Å². The Morgan fingerprint density at radius 1 is 1.05 bits per heavy atom. The summed E-state index contributed by atoms with van der Waals surface area (Å²) in [5.74, 6) is 1.94. The molecule has 2 aromatic heterocycles. The molecule has 0 fully saturated rings. The number of ether oxygens (including phenoxy) is 3. The summed E-state index contributed by atoms with van der Waals surface area (Å²) in [4.78, 5) is 8.72. The van der Waals surface area contributed by atoms with E-state index in [1.807, 2.05) is 19.1 Å². The molecule has 112 valence electrons. The average Bonchev–Trinajstić information content (AvgIpc) is 2.52. The Balaban J connectivity index is 2.20. The molecule has 21 heavy (non-hydrogen) atoms. The molecule has 0 aliphatic heterocycles. The molecule has 5 nitrogen and oxygen atoms in total. The van der Waals surface area contributed by atoms with Crippen LogP contribution in [0.4, 0.5) is 0 Å². The number of alkyl halides is 1. The van der Waals surface area contributed by atoms with E-state index < -0.39 is 0 Å². The van der Waals surface area contributed by atoms with Crippen molar-refractivity contribution in [2.75, 3.05) is 14.2 Å². The first-order chi connectivity index (χ1) is 10.2. The number of pyridine rings is 2. The summed E-state index contributed by atoms with van der Waals surface area (Å²) in [6.07, 6.45) is 1.67. The lowest BCUT2D eigenvalue weighted by atomic mass is 10.3. The van der Waals surface area contributed by atoms with Crippen molar-refractivity contribution in [2.24, 2.45) is 0 Å². The fourth-order valence-corrected chi connectivity index (χ4v) is 2.33. The minimum atomic E-state index is 0.283. The number of aromatic nitrogens is 2. The van der Waals surface area contributed by atoms with Gasteiger partial charge in [0.25, 0.3) is 0 Å². The SMILES string of the molecule is COc1ccnc(COc2ccc(C)nc2CBr)c1OC. The molecule has 0 aliphatic carbocycles. The predicted octanol–water partition coefficient (Wildman–Crippen LogP) is 3.28. The monoisotopic (exact) mass is 352 g/mol. The largest absolute Gasteiger partial charge is 0.493 e. The molecule has 0 bridgehead atoms. The highest BCUT2D eigenvalue weighted by Gasteiger charge is 2.13. The zero-order valence-electron chi connectivity index (χ0n) is 12.2. The first kappa shape index (κ1) is 15.6. The van der Waals surface area contributed by atoms with Crippen LogP contribution in [-0.2, 0) is 11.9 Å². The topological polar surface area (TPSA) is 53.5 Å². The normalized spacial score (nSPS) is 10.3. The lowest BCUT2D eigenvalue weighted by molar-refractivity contribution is 0.282. The second kappa shape index (κ2) is 7.26. The van der Waals surface area contributed by atoms with Crippen LogP contribution in [0.3, 0.4) is 0 Å². The molecule has 2 heterocycles. The number of methoxy groups -OCH3 is 2. The zero-order chi connectivity index (χ0) is 15.2. The van der Waals surface area contributed by atoms with Gasteiger partial charge in [-0.1, -0.05) is 15.9 Å². The van der Waals surface area contributed by atoms with Crippen molar-refractivity contribution in [1.82, 2.24) is 9.97 Å². The molecule has 0 N–H and O–H groups in total. The fraction of sp³-hybridized carbons (Fsp3) is 0.333. The van der Waals surface area contributed by atoms with Gasteiger partial charge in [0.1, 0.15) is 18.1 Å². The second-order valence-corrected chi connectivity index (χ2v) is 4.87. The number of hydrogen-bond acceptors (Lipinski definition) is 5. The molecule has 0 amide bonds. The van der Waals surface area contributed by atoms with E-state index in [9.17, 15) is 0 Å². The van der Waals surface area contributed by atoms with E-state index in [4.69, 9.17) is 14.2 Å². The summed E-state index contributed by atoms with van der Waals surface area (Å²) in [5.41, 5.74) is 2.49. The highest BCUT2D eigenvalue weighted by Crippen LogP contribution is 2.30. The molecule has 0 unspecified atom stereocenters. The van der Waals surface area contributed by atoms with Gasteiger partial charge in [-0.25, -0.2) is 0 Å². The zero-order valence-corrected chi connectivity index (χ0v) is 13.8. The van der Waals surface area contributed by atoms with Crippen LogP contribution in [0.2, 0.25) is 0 Å². The predicted molar refractivity (Wildman–Crippen MR) is 83.3 cm³/mol. The van der Waals surface area contributed by atoms with Crippen molar-refractivity contribution in [3.05, 3.63) is 41.5 Å². The van der Waals surface area contributed by atoms with Crippen molar-refractivity contribution in [2.45, 2.75) is 18.9 Å². The van der Waals surface area contributed by atoms with Crippen LogP contribution in [0.5, 0.6) is 17.2 Å². The quantitative estimate of drug-likeness (QED) is 0.746. The van der Waals surface area contributed by atoms with Gasteiger partial charge in [-0.2, -0.15) is 0 Å². The van der Waals surface area contributed by atoms with Crippen molar-refractivity contribution < 1.29 is 14.2 Å². The standard InChI is InChI=1S/C15H17BrN2O3/c1-10-4-5-13(11(8-16)18-10)21-9-12-15(20-3)14(19-2)6-7-17-12/h4-7H,8-9H2,1-3H3. The summed E-state index contributed by atoms with van der Waals surface area (Å²) in [7, 11) is 3.18. The molecular weight excluding hydrogens is 336 g/mol. The van der Waals surface area contributed by atoms with Crippen molar-refractivity contribution >= 4 is 15.9 Å². The average molecular weight is 353 g/mol. The summed E-state index contributed by atoms with van der Waals surface area (Å²) in [6.45, 7) is 2.23. The van der Waals surface area contributed by atoms with E-state index >= 15 is 0 Å². The molecule has 0 saturated carbocycles. The van der Waals surface area contributed by atoms with Crippen LogP contribution in [0, 0.1) is 6.92 Å². The first-order valence-corrected chi connectivity index (χ1v) is 7.53. The minimum Gasteiger partial charge on any atom is -0.493 e. The van der Waals surface area contributed by atoms with E-state index in [0.29, 0.717) is 22.5 Å². The van der Waals surface area contributed by atoms with Crippen LogP contribution in [0.1, 0.15) is 17.1 Å². The molecule has 0 atom stereocenters. The number of rotatable bonds is 6. The highest BCUT2D eigenvalue weighted by molar-refractivity contribution is 9.08. The van der Waals surface area contributed by atoms with Crippen LogP contribution >= 0.6 is 15.9 Å². The Morgan fingerprint density at radius 3 is 2.52 bits per heavy atom. The molecular formula is C15H17BrN2O3. The highest BCUT2D eigenvalue weighted by atomic mass is 79.9. The van der Waals surface area contributed by atoms with Gasteiger partial charge in [-0.15, -0.1) is 0 Å². The Labute approximate surface area is 132 Å². The molecule has 6 heteroatoms. The first-order valence-electron chi connectivity index (χ1n) is 6.40.